The van der Waals surface area contributed by atoms with Gasteiger partial charge in [0.2, 0.25) is 0 Å². The number of aromatic amines is 1. The van der Waals surface area contributed by atoms with Crippen molar-refractivity contribution in [3.63, 3.8) is 0 Å². The third kappa shape index (κ3) is 1.63. The molecule has 84 valence electrons. The molecule has 0 aromatic carbocycles. The van der Waals surface area contributed by atoms with Gasteiger partial charge in [-0.3, -0.25) is 0 Å². The molecule has 0 atom stereocenters. The Morgan fingerprint density at radius 2 is 2.31 bits per heavy atom. The van der Waals surface area contributed by atoms with E-state index >= 15 is 0 Å². The van der Waals surface area contributed by atoms with Gasteiger partial charge in [0, 0.05) is 11.3 Å². The molecule has 6 heteroatoms. The van der Waals surface area contributed by atoms with Gasteiger partial charge in [-0.25, -0.2) is 15.0 Å². The van der Waals surface area contributed by atoms with E-state index < -0.39 is 0 Å². The average Bonchev–Trinajstić information content (AvgIpc) is 2.94. The van der Waals surface area contributed by atoms with Gasteiger partial charge < -0.3 is 10.3 Å². The highest BCUT2D eigenvalue weighted by Gasteiger charge is 2.41. The van der Waals surface area contributed by atoms with Crippen LogP contribution in [-0.4, -0.2) is 37.5 Å². The van der Waals surface area contributed by atoms with Crippen LogP contribution in [-0.2, 0) is 0 Å². The summed E-state index contributed by atoms with van der Waals surface area (Å²) in [5, 5.41) is 3.38. The lowest BCUT2D eigenvalue weighted by Crippen LogP contribution is -2.18. The van der Waals surface area contributed by atoms with E-state index in [1.165, 1.54) is 12.8 Å². The zero-order chi connectivity index (χ0) is 11.0. The largest absolute Gasteiger partial charge is 0.367 e. The van der Waals surface area contributed by atoms with Crippen LogP contribution < -0.4 is 5.32 Å². The number of thioether (sulfide) groups is 1. The first-order chi connectivity index (χ1) is 7.83. The van der Waals surface area contributed by atoms with Crippen LogP contribution in [0.3, 0.4) is 0 Å². The fourth-order valence-corrected chi connectivity index (χ4v) is 2.46. The van der Waals surface area contributed by atoms with Crippen molar-refractivity contribution in [1.82, 2.24) is 19.9 Å². The second-order valence-corrected chi connectivity index (χ2v) is 5.34. The Morgan fingerprint density at radius 1 is 1.44 bits per heavy atom. The van der Waals surface area contributed by atoms with E-state index in [2.05, 4.69) is 31.5 Å². The van der Waals surface area contributed by atoms with E-state index in [1.54, 1.807) is 12.7 Å². The number of nitrogens with zero attached hydrogens (tertiary/aromatic N) is 3. The highest BCUT2D eigenvalue weighted by Crippen LogP contribution is 2.47. The van der Waals surface area contributed by atoms with Crippen molar-refractivity contribution < 1.29 is 0 Å². The number of rotatable bonds is 4. The predicted octanol–water partition coefficient (Wildman–Crippen LogP) is 1.66. The van der Waals surface area contributed by atoms with Crippen molar-refractivity contribution in [2.24, 2.45) is 0 Å². The Bertz CT molecular complexity index is 505. The fraction of sp³-hybridized carbons (Fsp3) is 0.500. The number of anilines is 1. The van der Waals surface area contributed by atoms with Gasteiger partial charge in [0.1, 0.15) is 11.8 Å². The molecule has 16 heavy (non-hydrogen) atoms. The highest BCUT2D eigenvalue weighted by atomic mass is 32.2. The molecular formula is C10H13N5S. The third-order valence-corrected chi connectivity index (χ3v) is 4.46. The Kier molecular flexibility index (Phi) is 2.24. The van der Waals surface area contributed by atoms with Crippen molar-refractivity contribution in [1.29, 1.82) is 0 Å². The molecule has 1 saturated carbocycles. The van der Waals surface area contributed by atoms with Gasteiger partial charge in [-0.15, -0.1) is 0 Å². The normalized spacial score (nSPS) is 17.6. The molecule has 0 amide bonds. The Hall–Kier alpha value is -1.30. The maximum atomic E-state index is 4.24. The summed E-state index contributed by atoms with van der Waals surface area (Å²) >= 11 is 1.93. The topological polar surface area (TPSA) is 66.5 Å². The first-order valence-corrected chi connectivity index (χ1v) is 6.49. The first-order valence-electron chi connectivity index (χ1n) is 5.26. The van der Waals surface area contributed by atoms with E-state index in [-0.39, 0.29) is 0 Å². The molecule has 3 rings (SSSR count). The number of H-pyrrole nitrogens is 1. The number of fused-ring (bicyclic) bond motifs is 1. The van der Waals surface area contributed by atoms with Gasteiger partial charge in [-0.2, -0.15) is 11.8 Å². The molecule has 2 aromatic heterocycles. The van der Waals surface area contributed by atoms with E-state index in [0.29, 0.717) is 10.4 Å². The third-order valence-electron chi connectivity index (χ3n) is 3.04. The smallest absolute Gasteiger partial charge is 0.182 e. The summed E-state index contributed by atoms with van der Waals surface area (Å²) in [6, 6.07) is 0. The molecule has 0 radical (unpaired) electrons. The second-order valence-electron chi connectivity index (χ2n) is 4.06. The maximum Gasteiger partial charge on any atom is 0.182 e. The Balaban J connectivity index is 1.81. The summed E-state index contributed by atoms with van der Waals surface area (Å²) in [4.78, 5) is 15.5. The molecule has 2 N–H and O–H groups in total. The standard InChI is InChI=1S/C10H13N5S/c1-16-10(2-3-10)4-11-8-7-9(13-5-12-7)15-6-14-8/h5-6H,2-4H2,1H3,(H2,11,12,13,14,15). The number of hydrogen-bond donors (Lipinski definition) is 2. The quantitative estimate of drug-likeness (QED) is 0.843. The predicted molar refractivity (Wildman–Crippen MR) is 65.7 cm³/mol. The van der Waals surface area contributed by atoms with Crippen LogP contribution in [0.15, 0.2) is 12.7 Å². The van der Waals surface area contributed by atoms with Gasteiger partial charge in [-0.05, 0) is 19.1 Å². The summed E-state index contributed by atoms with van der Waals surface area (Å²) in [5.74, 6) is 0.850. The summed E-state index contributed by atoms with van der Waals surface area (Å²) in [5.41, 5.74) is 1.60. The molecule has 0 aliphatic heterocycles. The van der Waals surface area contributed by atoms with E-state index in [9.17, 15) is 0 Å². The van der Waals surface area contributed by atoms with Crippen LogP contribution in [0, 0.1) is 0 Å². The number of nitrogens with one attached hydrogen (secondary N) is 2. The maximum absolute atomic E-state index is 4.24. The number of imidazole rings is 1. The van der Waals surface area contributed by atoms with Gasteiger partial charge >= 0.3 is 0 Å². The van der Waals surface area contributed by atoms with E-state index in [4.69, 9.17) is 0 Å². The molecule has 2 heterocycles. The monoisotopic (exact) mass is 235 g/mol. The molecule has 0 saturated heterocycles. The molecule has 0 bridgehead atoms. The lowest BCUT2D eigenvalue weighted by molar-refractivity contribution is 0.940. The lowest BCUT2D eigenvalue weighted by atomic mass is 10.4. The minimum Gasteiger partial charge on any atom is -0.367 e. The minimum absolute atomic E-state index is 0.428. The Labute approximate surface area is 97.5 Å². The lowest BCUT2D eigenvalue weighted by Gasteiger charge is -2.13. The summed E-state index contributed by atoms with van der Waals surface area (Å²) in [6.45, 7) is 0.958. The SMILES string of the molecule is CSC1(CNc2ncnc3nc[nH]c23)CC1. The molecule has 1 aliphatic rings. The molecular weight excluding hydrogens is 222 g/mol. The average molecular weight is 235 g/mol. The molecule has 5 nitrogen and oxygen atoms in total. The Morgan fingerprint density at radius 3 is 3.06 bits per heavy atom. The highest BCUT2D eigenvalue weighted by molar-refractivity contribution is 8.00. The van der Waals surface area contributed by atoms with Crippen molar-refractivity contribution in [3.05, 3.63) is 12.7 Å². The van der Waals surface area contributed by atoms with Gasteiger partial charge in [-0.1, -0.05) is 0 Å². The van der Waals surface area contributed by atoms with Crippen LogP contribution in [0.25, 0.3) is 11.2 Å². The van der Waals surface area contributed by atoms with Gasteiger partial charge in [0.15, 0.2) is 11.5 Å². The minimum atomic E-state index is 0.428. The zero-order valence-electron chi connectivity index (χ0n) is 9.03. The van der Waals surface area contributed by atoms with Crippen molar-refractivity contribution in [2.75, 3.05) is 18.1 Å². The molecule has 2 aromatic rings. The van der Waals surface area contributed by atoms with Gasteiger partial charge in [0.25, 0.3) is 0 Å². The summed E-state index contributed by atoms with van der Waals surface area (Å²) in [6.07, 6.45) is 7.94. The molecule has 1 aliphatic carbocycles. The van der Waals surface area contributed by atoms with Crippen LogP contribution in [0.2, 0.25) is 0 Å². The van der Waals surface area contributed by atoms with Crippen molar-refractivity contribution in [3.8, 4) is 0 Å². The van der Waals surface area contributed by atoms with E-state index in [1.807, 2.05) is 11.8 Å². The number of aromatic nitrogens is 4. The van der Waals surface area contributed by atoms with Crippen molar-refractivity contribution in [2.45, 2.75) is 17.6 Å². The van der Waals surface area contributed by atoms with Crippen LogP contribution in [0.1, 0.15) is 12.8 Å². The first kappa shape index (κ1) is 9.89. The molecule has 0 unspecified atom stereocenters. The van der Waals surface area contributed by atoms with Crippen LogP contribution in [0.4, 0.5) is 5.82 Å². The zero-order valence-corrected chi connectivity index (χ0v) is 9.84. The molecule has 0 spiro atoms. The molecule has 1 fully saturated rings. The van der Waals surface area contributed by atoms with Gasteiger partial charge in [0.05, 0.1) is 6.33 Å². The van der Waals surface area contributed by atoms with Crippen LogP contribution >= 0.6 is 11.8 Å². The summed E-state index contributed by atoms with van der Waals surface area (Å²) < 4.78 is 0.428. The second kappa shape index (κ2) is 3.62. The fourth-order valence-electron chi connectivity index (χ4n) is 1.74. The van der Waals surface area contributed by atoms with Crippen LogP contribution in [0.5, 0.6) is 0 Å². The summed E-state index contributed by atoms with van der Waals surface area (Å²) in [7, 11) is 0. The number of hydrogen-bond acceptors (Lipinski definition) is 5. The van der Waals surface area contributed by atoms with Crippen molar-refractivity contribution >= 4 is 28.7 Å². The van der Waals surface area contributed by atoms with E-state index in [0.717, 1.165) is 17.9 Å².